The Balaban J connectivity index is 2.02. The van der Waals surface area contributed by atoms with Crippen LogP contribution in [0.1, 0.15) is 11.1 Å². The lowest BCUT2D eigenvalue weighted by Gasteiger charge is -2.11. The van der Waals surface area contributed by atoms with Crippen LogP contribution in [0.4, 0.5) is 0 Å². The van der Waals surface area contributed by atoms with Gasteiger partial charge in [-0.2, -0.15) is 0 Å². The third-order valence-electron chi connectivity index (χ3n) is 3.87. The summed E-state index contributed by atoms with van der Waals surface area (Å²) in [6.07, 6.45) is 0. The Kier molecular flexibility index (Phi) is 4.14. The van der Waals surface area contributed by atoms with E-state index in [2.05, 4.69) is 4.98 Å². The minimum absolute atomic E-state index is 0.357. The van der Waals surface area contributed by atoms with Crippen molar-refractivity contribution in [1.82, 2.24) is 14.1 Å². The molecule has 0 amide bonds. The summed E-state index contributed by atoms with van der Waals surface area (Å²) in [5.74, 6) is 1.31. The van der Waals surface area contributed by atoms with E-state index in [0.29, 0.717) is 17.2 Å². The fraction of sp³-hybridized carbons (Fsp3) is 0.167. The average molecular weight is 339 g/mol. The molecule has 1 heterocycles. The first-order chi connectivity index (χ1) is 11.9. The highest BCUT2D eigenvalue weighted by Gasteiger charge is 2.11. The van der Waals surface area contributed by atoms with Crippen LogP contribution in [0.5, 0.6) is 11.5 Å². The molecule has 0 saturated carbocycles. The molecule has 0 aliphatic carbocycles. The Morgan fingerprint density at radius 1 is 0.920 bits per heavy atom. The lowest BCUT2D eigenvalue weighted by Crippen LogP contribution is -2.47. The number of aryl methyl sites for hydroxylation is 2. The van der Waals surface area contributed by atoms with Gasteiger partial charge in [-0.3, -0.25) is 4.98 Å². The molecule has 3 rings (SSSR count). The number of hydrogen-bond donors (Lipinski definition) is 1. The van der Waals surface area contributed by atoms with Gasteiger partial charge in [-0.15, -0.1) is 0 Å². The van der Waals surface area contributed by atoms with E-state index >= 15 is 0 Å². The SMILES string of the molecule is Cc1ccc(Oc2ccc(-n3c(=O)[nH]c(=O)n(C)c3=O)cc2C)cc1. The predicted octanol–water partition coefficient (Wildman–Crippen LogP) is 1.63. The highest BCUT2D eigenvalue weighted by Crippen LogP contribution is 2.26. The maximum Gasteiger partial charge on any atom is 0.340 e. The molecule has 2 aromatic carbocycles. The molecule has 3 aromatic rings. The van der Waals surface area contributed by atoms with Crippen LogP contribution in [0.2, 0.25) is 0 Å². The minimum atomic E-state index is -0.778. The number of ether oxygens (including phenoxy) is 1. The van der Waals surface area contributed by atoms with E-state index in [9.17, 15) is 14.4 Å². The molecule has 1 N–H and O–H groups in total. The van der Waals surface area contributed by atoms with Crippen LogP contribution in [-0.2, 0) is 7.05 Å². The van der Waals surface area contributed by atoms with E-state index in [1.54, 1.807) is 18.2 Å². The van der Waals surface area contributed by atoms with Crippen LogP contribution < -0.4 is 21.8 Å². The number of nitrogens with one attached hydrogen (secondary N) is 1. The molecule has 1 aromatic heterocycles. The van der Waals surface area contributed by atoms with Crippen molar-refractivity contribution in [2.24, 2.45) is 7.05 Å². The Morgan fingerprint density at radius 2 is 1.60 bits per heavy atom. The van der Waals surface area contributed by atoms with Gasteiger partial charge in [0.1, 0.15) is 11.5 Å². The number of rotatable bonds is 3. The zero-order valence-electron chi connectivity index (χ0n) is 14.1. The van der Waals surface area contributed by atoms with Gasteiger partial charge in [0.25, 0.3) is 0 Å². The summed E-state index contributed by atoms with van der Waals surface area (Å²) in [5.41, 5.74) is 0.00361. The van der Waals surface area contributed by atoms with Crippen molar-refractivity contribution < 1.29 is 4.74 Å². The average Bonchev–Trinajstić information content (AvgIpc) is 2.57. The van der Waals surface area contributed by atoms with E-state index in [0.717, 1.165) is 20.3 Å². The quantitative estimate of drug-likeness (QED) is 0.786. The molecule has 0 spiro atoms. The van der Waals surface area contributed by atoms with Gasteiger partial charge in [-0.05, 0) is 49.7 Å². The molecule has 0 aliphatic heterocycles. The van der Waals surface area contributed by atoms with E-state index in [1.807, 2.05) is 38.1 Å². The van der Waals surface area contributed by atoms with Crippen LogP contribution in [0, 0.1) is 13.8 Å². The lowest BCUT2D eigenvalue weighted by atomic mass is 10.2. The molecule has 0 unspecified atom stereocenters. The number of benzene rings is 2. The minimum Gasteiger partial charge on any atom is -0.457 e. The fourth-order valence-electron chi connectivity index (χ4n) is 2.40. The van der Waals surface area contributed by atoms with Crippen molar-refractivity contribution in [3.63, 3.8) is 0 Å². The first kappa shape index (κ1) is 16.5. The second kappa shape index (κ2) is 6.27. The topological polar surface area (TPSA) is 86.1 Å². The Bertz CT molecular complexity index is 1100. The Morgan fingerprint density at radius 3 is 2.24 bits per heavy atom. The molecule has 7 nitrogen and oxygen atoms in total. The van der Waals surface area contributed by atoms with Crippen LogP contribution in [0.25, 0.3) is 5.69 Å². The lowest BCUT2D eigenvalue weighted by molar-refractivity contribution is 0.478. The summed E-state index contributed by atoms with van der Waals surface area (Å²) in [4.78, 5) is 37.8. The Labute approximate surface area is 142 Å². The van der Waals surface area contributed by atoms with E-state index in [1.165, 1.54) is 7.05 Å². The molecule has 0 aliphatic rings. The van der Waals surface area contributed by atoms with E-state index < -0.39 is 17.1 Å². The third kappa shape index (κ3) is 3.16. The van der Waals surface area contributed by atoms with Gasteiger partial charge in [0, 0.05) is 7.05 Å². The summed E-state index contributed by atoms with van der Waals surface area (Å²) >= 11 is 0. The van der Waals surface area contributed by atoms with E-state index in [-0.39, 0.29) is 0 Å². The zero-order chi connectivity index (χ0) is 18.1. The first-order valence-corrected chi connectivity index (χ1v) is 7.65. The molecule has 128 valence electrons. The first-order valence-electron chi connectivity index (χ1n) is 7.65. The van der Waals surface area contributed by atoms with Crippen molar-refractivity contribution in [2.75, 3.05) is 0 Å². The number of H-pyrrole nitrogens is 1. The Hall–Kier alpha value is -3.35. The summed E-state index contributed by atoms with van der Waals surface area (Å²) in [7, 11) is 1.30. The van der Waals surface area contributed by atoms with Crippen molar-refractivity contribution in [1.29, 1.82) is 0 Å². The number of hydrogen-bond acceptors (Lipinski definition) is 4. The van der Waals surface area contributed by atoms with Crippen LogP contribution >= 0.6 is 0 Å². The second-order valence-corrected chi connectivity index (χ2v) is 5.78. The molecule has 0 fully saturated rings. The summed E-state index contributed by atoms with van der Waals surface area (Å²) < 4.78 is 7.58. The van der Waals surface area contributed by atoms with Gasteiger partial charge in [0.15, 0.2) is 0 Å². The summed E-state index contributed by atoms with van der Waals surface area (Å²) in [6.45, 7) is 3.81. The number of aromatic nitrogens is 3. The van der Waals surface area contributed by atoms with Crippen LogP contribution in [0.3, 0.4) is 0 Å². The zero-order valence-corrected chi connectivity index (χ0v) is 14.1. The normalized spacial score (nSPS) is 10.7. The predicted molar refractivity (Wildman–Crippen MR) is 93.9 cm³/mol. The molecule has 25 heavy (non-hydrogen) atoms. The van der Waals surface area contributed by atoms with Gasteiger partial charge >= 0.3 is 17.1 Å². The number of nitrogens with zero attached hydrogens (tertiary/aromatic N) is 2. The van der Waals surface area contributed by atoms with Crippen molar-refractivity contribution in [2.45, 2.75) is 13.8 Å². The van der Waals surface area contributed by atoms with Gasteiger partial charge in [-0.1, -0.05) is 17.7 Å². The molecule has 0 saturated heterocycles. The summed E-state index contributed by atoms with van der Waals surface area (Å²) in [5, 5.41) is 0. The molecular weight excluding hydrogens is 322 g/mol. The van der Waals surface area contributed by atoms with Crippen LogP contribution in [0.15, 0.2) is 56.8 Å². The van der Waals surface area contributed by atoms with Gasteiger partial charge in [0.05, 0.1) is 5.69 Å². The van der Waals surface area contributed by atoms with Crippen molar-refractivity contribution >= 4 is 0 Å². The molecule has 0 atom stereocenters. The number of aromatic amines is 1. The maximum absolute atomic E-state index is 12.2. The fourth-order valence-corrected chi connectivity index (χ4v) is 2.40. The highest BCUT2D eigenvalue weighted by atomic mass is 16.5. The van der Waals surface area contributed by atoms with Crippen LogP contribution in [-0.4, -0.2) is 14.1 Å². The standard InChI is InChI=1S/C18H17N3O4/c1-11-4-7-14(8-5-11)25-15-9-6-13(10-12(15)2)21-17(23)19-16(22)20(3)18(21)24/h4-10H,1-3H3,(H,19,22,23). The summed E-state index contributed by atoms with van der Waals surface area (Å²) in [6, 6.07) is 12.6. The largest absolute Gasteiger partial charge is 0.457 e. The maximum atomic E-state index is 12.2. The second-order valence-electron chi connectivity index (χ2n) is 5.78. The third-order valence-corrected chi connectivity index (χ3v) is 3.87. The molecular formula is C18H17N3O4. The molecule has 7 heteroatoms. The van der Waals surface area contributed by atoms with Crippen molar-refractivity contribution in [3.8, 4) is 17.2 Å². The van der Waals surface area contributed by atoms with E-state index in [4.69, 9.17) is 4.74 Å². The van der Waals surface area contributed by atoms with Gasteiger partial charge < -0.3 is 4.74 Å². The van der Waals surface area contributed by atoms with Gasteiger partial charge in [0.2, 0.25) is 0 Å². The highest BCUT2D eigenvalue weighted by molar-refractivity contribution is 5.45. The monoisotopic (exact) mass is 339 g/mol. The molecule has 0 radical (unpaired) electrons. The smallest absolute Gasteiger partial charge is 0.340 e. The van der Waals surface area contributed by atoms with Crippen molar-refractivity contribution in [3.05, 3.63) is 85.0 Å². The van der Waals surface area contributed by atoms with Gasteiger partial charge in [-0.25, -0.2) is 23.5 Å². The molecule has 0 bridgehead atoms.